The van der Waals surface area contributed by atoms with Crippen molar-refractivity contribution in [3.63, 3.8) is 0 Å². The summed E-state index contributed by atoms with van der Waals surface area (Å²) in [6.45, 7) is 3.09. The van der Waals surface area contributed by atoms with Gasteiger partial charge in [-0.25, -0.2) is 0 Å². The van der Waals surface area contributed by atoms with E-state index in [1.165, 1.54) is 21.6 Å². The molecule has 30 heavy (non-hydrogen) atoms. The number of amides is 1. The Hall–Kier alpha value is -2.47. The lowest BCUT2D eigenvalue weighted by atomic mass is 9.99. The van der Waals surface area contributed by atoms with Crippen LogP contribution in [0.1, 0.15) is 29.5 Å². The third kappa shape index (κ3) is 6.02. The molecule has 0 saturated carbocycles. The Morgan fingerprint density at radius 3 is 2.60 bits per heavy atom. The van der Waals surface area contributed by atoms with E-state index in [0.717, 1.165) is 45.0 Å². The predicted octanol–water partition coefficient (Wildman–Crippen LogP) is 3.78. The smallest absolute Gasteiger partial charge is 0.222 e. The highest BCUT2D eigenvalue weighted by atomic mass is 32.2. The van der Waals surface area contributed by atoms with Gasteiger partial charge in [-0.05, 0) is 47.9 Å². The Morgan fingerprint density at radius 2 is 1.90 bits per heavy atom. The number of aliphatic imine (C=N–C) groups is 1. The number of fused-ring (bicyclic) bond motifs is 1. The van der Waals surface area contributed by atoms with Crippen molar-refractivity contribution < 1.29 is 4.79 Å². The second-order valence-electron chi connectivity index (χ2n) is 7.62. The molecule has 0 unspecified atom stereocenters. The lowest BCUT2D eigenvalue weighted by Crippen LogP contribution is -2.39. The van der Waals surface area contributed by atoms with Gasteiger partial charge in [0.1, 0.15) is 0 Å². The number of carbonyl (C=O) groups excluding carboxylic acids is 1. The first-order valence-electron chi connectivity index (χ1n) is 10.5. The number of nitrogens with one attached hydrogen (secondary N) is 1. The monoisotopic (exact) mass is 424 g/mol. The minimum absolute atomic E-state index is 0.239. The molecule has 0 saturated heterocycles. The van der Waals surface area contributed by atoms with Crippen molar-refractivity contribution in [3.05, 3.63) is 65.2 Å². The Morgan fingerprint density at radius 1 is 1.17 bits per heavy atom. The van der Waals surface area contributed by atoms with Crippen molar-refractivity contribution in [2.24, 2.45) is 4.99 Å². The van der Waals surface area contributed by atoms with Crippen LogP contribution in [0.5, 0.6) is 0 Å². The van der Waals surface area contributed by atoms with Crippen LogP contribution in [0.3, 0.4) is 0 Å². The molecule has 1 N–H and O–H groups in total. The normalized spacial score (nSPS) is 13.7. The zero-order valence-corrected chi connectivity index (χ0v) is 19.0. The van der Waals surface area contributed by atoms with Crippen LogP contribution in [0.2, 0.25) is 0 Å². The molecule has 3 rings (SSSR count). The highest BCUT2D eigenvalue weighted by Crippen LogP contribution is 2.19. The molecule has 160 valence electrons. The largest absolute Gasteiger partial charge is 0.356 e. The minimum atomic E-state index is 0.239. The van der Waals surface area contributed by atoms with Gasteiger partial charge in [-0.1, -0.05) is 36.4 Å². The minimum Gasteiger partial charge on any atom is -0.356 e. The van der Waals surface area contributed by atoms with E-state index in [9.17, 15) is 4.79 Å². The van der Waals surface area contributed by atoms with Gasteiger partial charge in [-0.2, -0.15) is 0 Å². The van der Waals surface area contributed by atoms with E-state index in [4.69, 9.17) is 0 Å². The van der Waals surface area contributed by atoms with Gasteiger partial charge in [0.15, 0.2) is 5.96 Å². The number of carbonyl (C=O) groups is 1. The highest BCUT2D eigenvalue weighted by Gasteiger charge is 2.19. The summed E-state index contributed by atoms with van der Waals surface area (Å²) in [7, 11) is 3.83. The molecule has 0 spiro atoms. The third-order valence-electron chi connectivity index (χ3n) is 5.49. The van der Waals surface area contributed by atoms with Gasteiger partial charge in [0, 0.05) is 51.6 Å². The molecular weight excluding hydrogens is 392 g/mol. The molecule has 0 radical (unpaired) electrons. The zero-order valence-electron chi connectivity index (χ0n) is 18.2. The van der Waals surface area contributed by atoms with Gasteiger partial charge >= 0.3 is 0 Å². The van der Waals surface area contributed by atoms with Gasteiger partial charge < -0.3 is 15.1 Å². The topological polar surface area (TPSA) is 47.9 Å². The lowest BCUT2D eigenvalue weighted by Gasteiger charge is -2.29. The number of benzene rings is 2. The molecular formula is C24H32N4OS. The number of hydrogen-bond acceptors (Lipinski definition) is 3. The summed E-state index contributed by atoms with van der Waals surface area (Å²) < 4.78 is 0. The fourth-order valence-electron chi connectivity index (χ4n) is 3.77. The number of guanidine groups is 1. The summed E-state index contributed by atoms with van der Waals surface area (Å²) in [5.41, 5.74) is 3.90. The first-order valence-corrected chi connectivity index (χ1v) is 11.7. The molecule has 2 aromatic carbocycles. The quantitative estimate of drug-likeness (QED) is 0.318. The molecule has 1 aliphatic rings. The fourth-order valence-corrected chi connectivity index (χ4v) is 4.18. The standard InChI is InChI=1S/C24H32N4OS/c1-25-24(27(2)17-19-10-12-22(30-3)13-11-19)26-15-6-9-23(29)28-16-14-20-7-4-5-8-21(20)18-28/h4-5,7-8,10-13H,6,9,14-18H2,1-3H3,(H,25,26). The molecule has 0 aliphatic carbocycles. The van der Waals surface area contributed by atoms with Crippen LogP contribution in [-0.2, 0) is 24.3 Å². The highest BCUT2D eigenvalue weighted by molar-refractivity contribution is 7.98. The molecule has 1 heterocycles. The average molecular weight is 425 g/mol. The maximum atomic E-state index is 12.6. The van der Waals surface area contributed by atoms with Gasteiger partial charge in [-0.15, -0.1) is 11.8 Å². The molecule has 6 heteroatoms. The molecule has 0 fully saturated rings. The number of nitrogens with zero attached hydrogens (tertiary/aromatic N) is 3. The Labute approximate surface area is 184 Å². The zero-order chi connectivity index (χ0) is 21.3. The first-order chi connectivity index (χ1) is 14.6. The second-order valence-corrected chi connectivity index (χ2v) is 8.50. The van der Waals surface area contributed by atoms with Crippen LogP contribution >= 0.6 is 11.8 Å². The van der Waals surface area contributed by atoms with Crippen LogP contribution in [0.4, 0.5) is 0 Å². The average Bonchev–Trinajstić information content (AvgIpc) is 2.79. The van der Waals surface area contributed by atoms with Gasteiger partial charge in [-0.3, -0.25) is 9.79 Å². The van der Waals surface area contributed by atoms with Gasteiger partial charge in [0.25, 0.3) is 0 Å². The van der Waals surface area contributed by atoms with E-state index in [0.29, 0.717) is 6.42 Å². The van der Waals surface area contributed by atoms with E-state index in [1.54, 1.807) is 18.8 Å². The lowest BCUT2D eigenvalue weighted by molar-refractivity contribution is -0.132. The van der Waals surface area contributed by atoms with Crippen LogP contribution < -0.4 is 5.32 Å². The first kappa shape index (κ1) is 22.2. The second kappa shape index (κ2) is 11.1. The van der Waals surface area contributed by atoms with E-state index in [2.05, 4.69) is 70.0 Å². The number of rotatable bonds is 7. The molecule has 0 atom stereocenters. The summed E-state index contributed by atoms with van der Waals surface area (Å²) >= 11 is 1.75. The third-order valence-corrected chi connectivity index (χ3v) is 6.23. The van der Waals surface area contributed by atoms with Crippen molar-refractivity contribution in [1.29, 1.82) is 0 Å². The van der Waals surface area contributed by atoms with Crippen molar-refractivity contribution >= 4 is 23.6 Å². The van der Waals surface area contributed by atoms with E-state index in [-0.39, 0.29) is 5.91 Å². The summed E-state index contributed by atoms with van der Waals surface area (Å²) in [6.07, 6.45) is 4.40. The van der Waals surface area contributed by atoms with Crippen molar-refractivity contribution in [1.82, 2.24) is 15.1 Å². The molecule has 0 aromatic heterocycles. The van der Waals surface area contributed by atoms with Crippen LogP contribution in [0.15, 0.2) is 58.4 Å². The summed E-state index contributed by atoms with van der Waals surface area (Å²) in [4.78, 5) is 22.4. The predicted molar refractivity (Wildman–Crippen MR) is 126 cm³/mol. The number of hydrogen-bond donors (Lipinski definition) is 1. The SMILES string of the molecule is CN=C(NCCCC(=O)N1CCc2ccccc2C1)N(C)Cc1ccc(SC)cc1. The fraction of sp³-hybridized carbons (Fsp3) is 0.417. The van der Waals surface area contributed by atoms with Crippen LogP contribution in [0.25, 0.3) is 0 Å². The van der Waals surface area contributed by atoms with E-state index >= 15 is 0 Å². The summed E-state index contributed by atoms with van der Waals surface area (Å²) in [5.74, 6) is 1.09. The summed E-state index contributed by atoms with van der Waals surface area (Å²) in [6, 6.07) is 17.0. The van der Waals surface area contributed by atoms with Crippen molar-refractivity contribution in [2.75, 3.05) is 33.4 Å². The molecule has 5 nitrogen and oxygen atoms in total. The maximum absolute atomic E-state index is 12.6. The van der Waals surface area contributed by atoms with Crippen molar-refractivity contribution in [2.45, 2.75) is 37.2 Å². The van der Waals surface area contributed by atoms with Crippen LogP contribution in [0, 0.1) is 0 Å². The van der Waals surface area contributed by atoms with Gasteiger partial charge in [0.05, 0.1) is 0 Å². The van der Waals surface area contributed by atoms with E-state index in [1.807, 2.05) is 11.9 Å². The van der Waals surface area contributed by atoms with Crippen molar-refractivity contribution in [3.8, 4) is 0 Å². The molecule has 1 aliphatic heterocycles. The van der Waals surface area contributed by atoms with Gasteiger partial charge in [0.2, 0.25) is 5.91 Å². The van der Waals surface area contributed by atoms with E-state index < -0.39 is 0 Å². The Kier molecular flexibility index (Phi) is 8.20. The molecule has 2 aromatic rings. The summed E-state index contributed by atoms with van der Waals surface area (Å²) in [5, 5.41) is 3.39. The molecule has 1 amide bonds. The Bertz CT molecular complexity index is 866. The van der Waals surface area contributed by atoms with Crippen LogP contribution in [-0.4, -0.2) is 55.1 Å². The maximum Gasteiger partial charge on any atom is 0.222 e. The number of thioether (sulfide) groups is 1. The molecule has 0 bridgehead atoms. The Balaban J connectivity index is 1.40.